The minimum atomic E-state index is -0.440. The minimum Gasteiger partial charge on any atom is -0.277 e. The predicted octanol–water partition coefficient (Wildman–Crippen LogP) is 3.30. The Morgan fingerprint density at radius 1 is 1.23 bits per heavy atom. The first-order valence-electron chi connectivity index (χ1n) is 10.1. The van der Waals surface area contributed by atoms with Crippen LogP contribution in [0, 0.1) is 16.0 Å². The highest BCUT2D eigenvalue weighted by Crippen LogP contribution is 2.27. The van der Waals surface area contributed by atoms with E-state index in [1.54, 1.807) is 12.1 Å². The van der Waals surface area contributed by atoms with Crippen LogP contribution in [0.15, 0.2) is 38.9 Å². The summed E-state index contributed by atoms with van der Waals surface area (Å²) in [6.07, 6.45) is 1.32. The smallest absolute Gasteiger partial charge is 0.277 e. The SMILES string of the molecule is CCCn1c(=O)n(C)c(=O)c2c(SCc3cccc([N+](=O)[O-])c3)nc(CC(C)C)nc21. The summed E-state index contributed by atoms with van der Waals surface area (Å²) in [5.74, 6) is 1.26. The van der Waals surface area contributed by atoms with Gasteiger partial charge in [0.1, 0.15) is 16.2 Å². The number of fused-ring (bicyclic) bond motifs is 1. The van der Waals surface area contributed by atoms with Crippen molar-refractivity contribution in [3.63, 3.8) is 0 Å². The van der Waals surface area contributed by atoms with Crippen LogP contribution in [0.2, 0.25) is 0 Å². The molecule has 0 aliphatic heterocycles. The van der Waals surface area contributed by atoms with Crippen LogP contribution in [0.1, 0.15) is 38.6 Å². The summed E-state index contributed by atoms with van der Waals surface area (Å²) < 4.78 is 2.61. The number of nitro benzene ring substituents is 1. The molecule has 164 valence electrons. The molecule has 0 aliphatic rings. The van der Waals surface area contributed by atoms with Crippen LogP contribution in [-0.4, -0.2) is 24.0 Å². The first-order valence-corrected chi connectivity index (χ1v) is 11.1. The van der Waals surface area contributed by atoms with Crippen molar-refractivity contribution in [3.8, 4) is 0 Å². The number of aryl methyl sites for hydroxylation is 1. The van der Waals surface area contributed by atoms with Gasteiger partial charge in [0.15, 0.2) is 5.65 Å². The highest BCUT2D eigenvalue weighted by atomic mass is 32.2. The molecule has 10 heteroatoms. The molecule has 0 saturated carbocycles. The molecular formula is C21H25N5O4S. The van der Waals surface area contributed by atoms with E-state index >= 15 is 0 Å². The molecule has 3 rings (SSSR count). The van der Waals surface area contributed by atoms with Crippen molar-refractivity contribution < 1.29 is 4.92 Å². The molecule has 31 heavy (non-hydrogen) atoms. The quantitative estimate of drug-likeness (QED) is 0.227. The summed E-state index contributed by atoms with van der Waals surface area (Å²) in [6, 6.07) is 6.38. The number of thioether (sulfide) groups is 1. The third kappa shape index (κ3) is 4.84. The molecule has 0 bridgehead atoms. The van der Waals surface area contributed by atoms with Gasteiger partial charge in [-0.05, 0) is 17.9 Å². The van der Waals surface area contributed by atoms with Gasteiger partial charge in [0.25, 0.3) is 11.2 Å². The Balaban J connectivity index is 2.16. The maximum atomic E-state index is 13.0. The number of benzene rings is 1. The van der Waals surface area contributed by atoms with Crippen molar-refractivity contribution in [2.75, 3.05) is 0 Å². The van der Waals surface area contributed by atoms with E-state index in [2.05, 4.69) is 9.97 Å². The normalized spacial score (nSPS) is 11.4. The lowest BCUT2D eigenvalue weighted by Crippen LogP contribution is -2.39. The van der Waals surface area contributed by atoms with E-state index < -0.39 is 16.2 Å². The van der Waals surface area contributed by atoms with Crippen LogP contribution < -0.4 is 11.2 Å². The molecule has 0 atom stereocenters. The van der Waals surface area contributed by atoms with Crippen LogP contribution >= 0.6 is 11.8 Å². The van der Waals surface area contributed by atoms with Gasteiger partial charge in [-0.3, -0.25) is 24.0 Å². The van der Waals surface area contributed by atoms with E-state index in [0.717, 1.165) is 10.1 Å². The molecule has 9 nitrogen and oxygen atoms in total. The molecule has 0 amide bonds. The number of rotatable bonds is 8. The van der Waals surface area contributed by atoms with Crippen LogP contribution in [0.4, 0.5) is 5.69 Å². The highest BCUT2D eigenvalue weighted by molar-refractivity contribution is 7.98. The molecule has 2 aromatic heterocycles. The van der Waals surface area contributed by atoms with E-state index in [-0.39, 0.29) is 5.69 Å². The van der Waals surface area contributed by atoms with Crippen molar-refractivity contribution in [2.24, 2.45) is 13.0 Å². The Morgan fingerprint density at radius 2 is 1.97 bits per heavy atom. The third-order valence-corrected chi connectivity index (χ3v) is 5.78. The Hall–Kier alpha value is -3.01. The Labute approximate surface area is 183 Å². The van der Waals surface area contributed by atoms with Gasteiger partial charge in [0.05, 0.1) is 4.92 Å². The van der Waals surface area contributed by atoms with Gasteiger partial charge < -0.3 is 0 Å². The van der Waals surface area contributed by atoms with Gasteiger partial charge in [-0.15, -0.1) is 11.8 Å². The van der Waals surface area contributed by atoms with E-state index in [0.29, 0.717) is 52.9 Å². The lowest BCUT2D eigenvalue weighted by Gasteiger charge is -2.14. The maximum absolute atomic E-state index is 13.0. The average molecular weight is 444 g/mol. The van der Waals surface area contributed by atoms with Gasteiger partial charge in [-0.25, -0.2) is 14.8 Å². The highest BCUT2D eigenvalue weighted by Gasteiger charge is 2.19. The predicted molar refractivity (Wildman–Crippen MR) is 121 cm³/mol. The number of hydrogen-bond acceptors (Lipinski definition) is 7. The summed E-state index contributed by atoms with van der Waals surface area (Å²) in [7, 11) is 1.45. The zero-order valence-electron chi connectivity index (χ0n) is 18.0. The standard InChI is InChI=1S/C21H25N5O4S/c1-5-9-25-18-17(20(27)24(4)21(25)28)19(23-16(22-18)10-13(2)3)31-12-14-7-6-8-15(11-14)26(29)30/h6-8,11,13H,5,9-10,12H2,1-4H3. The summed E-state index contributed by atoms with van der Waals surface area (Å²) in [5, 5.41) is 11.9. The molecule has 0 aliphatic carbocycles. The van der Waals surface area contributed by atoms with E-state index in [4.69, 9.17) is 0 Å². The van der Waals surface area contributed by atoms with Gasteiger partial charge in [-0.2, -0.15) is 0 Å². The third-order valence-electron chi connectivity index (χ3n) is 4.73. The molecule has 3 aromatic rings. The first kappa shape index (κ1) is 22.7. The second-order valence-corrected chi connectivity index (χ2v) is 8.72. The number of nitro groups is 1. The van der Waals surface area contributed by atoms with Crippen molar-refractivity contribution in [1.29, 1.82) is 0 Å². The minimum absolute atomic E-state index is 0.0128. The topological polar surface area (TPSA) is 113 Å². The fourth-order valence-electron chi connectivity index (χ4n) is 3.28. The Kier molecular flexibility index (Phi) is 6.89. The zero-order valence-corrected chi connectivity index (χ0v) is 18.8. The van der Waals surface area contributed by atoms with E-state index in [9.17, 15) is 19.7 Å². The molecule has 0 saturated heterocycles. The van der Waals surface area contributed by atoms with Crippen molar-refractivity contribution >= 4 is 28.5 Å². The van der Waals surface area contributed by atoms with Crippen LogP contribution in [0.25, 0.3) is 11.0 Å². The monoisotopic (exact) mass is 443 g/mol. The maximum Gasteiger partial charge on any atom is 0.332 e. The summed E-state index contributed by atoms with van der Waals surface area (Å²) in [6.45, 7) is 6.49. The van der Waals surface area contributed by atoms with Crippen LogP contribution in [-0.2, 0) is 25.8 Å². The van der Waals surface area contributed by atoms with Crippen LogP contribution in [0.5, 0.6) is 0 Å². The van der Waals surface area contributed by atoms with Gasteiger partial charge in [0, 0.05) is 37.9 Å². The largest absolute Gasteiger partial charge is 0.332 e. The average Bonchev–Trinajstić information content (AvgIpc) is 2.73. The number of nitrogens with zero attached hydrogens (tertiary/aromatic N) is 5. The second kappa shape index (κ2) is 9.42. The van der Waals surface area contributed by atoms with E-state index in [1.165, 1.54) is 35.5 Å². The fourth-order valence-corrected chi connectivity index (χ4v) is 4.25. The lowest BCUT2D eigenvalue weighted by atomic mass is 10.1. The zero-order chi connectivity index (χ0) is 22.7. The molecule has 0 N–H and O–H groups in total. The summed E-state index contributed by atoms with van der Waals surface area (Å²) in [5.41, 5.74) is 0.268. The number of hydrogen-bond donors (Lipinski definition) is 0. The van der Waals surface area contributed by atoms with Gasteiger partial charge in [-0.1, -0.05) is 32.9 Å². The Bertz CT molecular complexity index is 1250. The molecule has 0 unspecified atom stereocenters. The number of non-ortho nitro benzene ring substituents is 1. The lowest BCUT2D eigenvalue weighted by molar-refractivity contribution is -0.384. The van der Waals surface area contributed by atoms with Crippen LogP contribution in [0.3, 0.4) is 0 Å². The van der Waals surface area contributed by atoms with Gasteiger partial charge >= 0.3 is 5.69 Å². The van der Waals surface area contributed by atoms with Gasteiger partial charge in [0.2, 0.25) is 0 Å². The fraction of sp³-hybridized carbons (Fsp3) is 0.429. The van der Waals surface area contributed by atoms with Crippen molar-refractivity contribution in [2.45, 2.75) is 50.9 Å². The van der Waals surface area contributed by atoms with Crippen molar-refractivity contribution in [3.05, 3.63) is 66.6 Å². The molecule has 0 radical (unpaired) electrons. The molecule has 2 heterocycles. The molecular weight excluding hydrogens is 418 g/mol. The number of aromatic nitrogens is 4. The first-order chi connectivity index (χ1) is 14.7. The van der Waals surface area contributed by atoms with E-state index in [1.807, 2.05) is 20.8 Å². The molecule has 0 spiro atoms. The second-order valence-electron chi connectivity index (χ2n) is 7.76. The summed E-state index contributed by atoms with van der Waals surface area (Å²) in [4.78, 5) is 45.5. The summed E-state index contributed by atoms with van der Waals surface area (Å²) >= 11 is 1.32. The molecule has 1 aromatic carbocycles. The Morgan fingerprint density at radius 3 is 2.61 bits per heavy atom. The molecule has 0 fully saturated rings. The van der Waals surface area contributed by atoms with Crippen molar-refractivity contribution in [1.82, 2.24) is 19.1 Å².